The Kier molecular flexibility index (Phi) is 5.31. The third-order valence-corrected chi connectivity index (χ3v) is 3.28. The summed E-state index contributed by atoms with van der Waals surface area (Å²) in [6.45, 7) is 2.02. The third-order valence-electron chi connectivity index (χ3n) is 3.28. The van der Waals surface area contributed by atoms with Crippen molar-refractivity contribution in [2.75, 3.05) is 7.05 Å². The van der Waals surface area contributed by atoms with Crippen LogP contribution in [0.15, 0.2) is 60.7 Å². The predicted octanol–water partition coefficient (Wildman–Crippen LogP) is 3.53. The molecule has 0 saturated carbocycles. The van der Waals surface area contributed by atoms with E-state index in [-0.39, 0.29) is 5.78 Å². The Morgan fingerprint density at radius 1 is 1.00 bits per heavy atom. The second-order valence-corrected chi connectivity index (χ2v) is 5.10. The van der Waals surface area contributed by atoms with E-state index in [1.165, 1.54) is 4.90 Å². The van der Waals surface area contributed by atoms with Crippen molar-refractivity contribution in [3.63, 3.8) is 0 Å². The summed E-state index contributed by atoms with van der Waals surface area (Å²) in [5.41, 5.74) is 1.54. The number of nitrogens with zero attached hydrogens (tertiary/aromatic N) is 1. The van der Waals surface area contributed by atoms with E-state index in [9.17, 15) is 9.59 Å². The molecule has 4 heteroatoms. The minimum atomic E-state index is -0.812. The first kappa shape index (κ1) is 15.8. The minimum Gasteiger partial charge on any atom is -0.438 e. The van der Waals surface area contributed by atoms with Crippen molar-refractivity contribution in [2.24, 2.45) is 0 Å². The van der Waals surface area contributed by atoms with Crippen LogP contribution in [0.4, 0.5) is 4.79 Å². The molecular weight excluding hydrogens is 278 g/mol. The van der Waals surface area contributed by atoms with Gasteiger partial charge >= 0.3 is 6.09 Å². The normalized spacial score (nSPS) is 11.5. The molecule has 1 atom stereocenters. The molecular formula is C18H19NO3. The number of carbonyl (C=O) groups is 2. The van der Waals surface area contributed by atoms with Crippen LogP contribution >= 0.6 is 0 Å². The first-order valence-electron chi connectivity index (χ1n) is 7.13. The average molecular weight is 297 g/mol. The molecule has 1 unspecified atom stereocenters. The second kappa shape index (κ2) is 7.41. The highest BCUT2D eigenvalue weighted by molar-refractivity contribution is 6.00. The van der Waals surface area contributed by atoms with E-state index in [1.807, 2.05) is 36.4 Å². The lowest BCUT2D eigenvalue weighted by Crippen LogP contribution is -2.33. The summed E-state index contributed by atoms with van der Waals surface area (Å²) < 4.78 is 5.24. The molecule has 0 heterocycles. The summed E-state index contributed by atoms with van der Waals surface area (Å²) in [6, 6.07) is 18.4. The molecule has 0 aliphatic rings. The van der Waals surface area contributed by atoms with Gasteiger partial charge in [-0.3, -0.25) is 4.79 Å². The van der Waals surface area contributed by atoms with Crippen LogP contribution in [0, 0.1) is 0 Å². The van der Waals surface area contributed by atoms with Gasteiger partial charge in [0.05, 0.1) is 0 Å². The predicted molar refractivity (Wildman–Crippen MR) is 84.6 cm³/mol. The van der Waals surface area contributed by atoms with Gasteiger partial charge in [0.15, 0.2) is 6.10 Å². The molecule has 2 aromatic rings. The molecule has 0 N–H and O–H groups in total. The number of ether oxygens (including phenoxy) is 1. The Balaban J connectivity index is 1.92. The van der Waals surface area contributed by atoms with Gasteiger partial charge in [0.25, 0.3) is 0 Å². The SMILES string of the molecule is CC(OC(=O)N(C)Cc1ccccc1)C(=O)c1ccccc1. The van der Waals surface area contributed by atoms with E-state index in [0.29, 0.717) is 12.1 Å². The van der Waals surface area contributed by atoms with Crippen LogP contribution in [-0.4, -0.2) is 29.9 Å². The molecule has 0 saturated heterocycles. The molecule has 0 radical (unpaired) electrons. The van der Waals surface area contributed by atoms with Gasteiger partial charge in [0.2, 0.25) is 5.78 Å². The molecule has 0 aliphatic carbocycles. The quantitative estimate of drug-likeness (QED) is 0.793. The summed E-state index contributed by atoms with van der Waals surface area (Å²) >= 11 is 0. The molecule has 22 heavy (non-hydrogen) atoms. The summed E-state index contributed by atoms with van der Waals surface area (Å²) in [6.07, 6.45) is -1.33. The summed E-state index contributed by atoms with van der Waals surface area (Å²) in [4.78, 5) is 25.7. The fourth-order valence-corrected chi connectivity index (χ4v) is 2.05. The van der Waals surface area contributed by atoms with E-state index in [0.717, 1.165) is 5.56 Å². The van der Waals surface area contributed by atoms with Crippen molar-refractivity contribution in [1.29, 1.82) is 0 Å². The zero-order valence-electron chi connectivity index (χ0n) is 12.7. The highest BCUT2D eigenvalue weighted by Gasteiger charge is 2.21. The smallest absolute Gasteiger partial charge is 0.410 e. The number of Topliss-reactive ketones (excluding diaryl/α,β-unsaturated/α-hetero) is 1. The Hall–Kier alpha value is -2.62. The van der Waals surface area contributed by atoms with Gasteiger partial charge in [0, 0.05) is 19.2 Å². The van der Waals surface area contributed by atoms with Crippen molar-refractivity contribution in [3.05, 3.63) is 71.8 Å². The molecule has 1 amide bonds. The molecule has 0 fully saturated rings. The zero-order chi connectivity index (χ0) is 15.9. The molecule has 2 rings (SSSR count). The van der Waals surface area contributed by atoms with E-state index < -0.39 is 12.2 Å². The Morgan fingerprint density at radius 3 is 2.14 bits per heavy atom. The highest BCUT2D eigenvalue weighted by Crippen LogP contribution is 2.09. The van der Waals surface area contributed by atoms with Crippen LogP contribution in [0.5, 0.6) is 0 Å². The maximum Gasteiger partial charge on any atom is 0.410 e. The first-order valence-corrected chi connectivity index (χ1v) is 7.13. The molecule has 0 aromatic heterocycles. The minimum absolute atomic E-state index is 0.206. The second-order valence-electron chi connectivity index (χ2n) is 5.10. The van der Waals surface area contributed by atoms with Crippen molar-refractivity contribution >= 4 is 11.9 Å². The van der Waals surface area contributed by atoms with Crippen LogP contribution < -0.4 is 0 Å². The maximum atomic E-state index is 12.2. The number of ketones is 1. The van der Waals surface area contributed by atoms with Crippen molar-refractivity contribution in [2.45, 2.75) is 19.6 Å². The van der Waals surface area contributed by atoms with Crippen LogP contribution in [0.2, 0.25) is 0 Å². The van der Waals surface area contributed by atoms with Gasteiger partial charge in [-0.05, 0) is 12.5 Å². The monoisotopic (exact) mass is 297 g/mol. The van der Waals surface area contributed by atoms with E-state index in [1.54, 1.807) is 38.2 Å². The van der Waals surface area contributed by atoms with Crippen LogP contribution in [0.3, 0.4) is 0 Å². The van der Waals surface area contributed by atoms with Gasteiger partial charge in [-0.15, -0.1) is 0 Å². The van der Waals surface area contributed by atoms with E-state index in [4.69, 9.17) is 4.74 Å². The van der Waals surface area contributed by atoms with Crippen LogP contribution in [0.25, 0.3) is 0 Å². The van der Waals surface area contributed by atoms with Gasteiger partial charge < -0.3 is 9.64 Å². The lowest BCUT2D eigenvalue weighted by Gasteiger charge is -2.20. The summed E-state index contributed by atoms with van der Waals surface area (Å²) in [5.74, 6) is -0.206. The van der Waals surface area contributed by atoms with Gasteiger partial charge in [0.1, 0.15) is 0 Å². The van der Waals surface area contributed by atoms with Crippen LogP contribution in [-0.2, 0) is 11.3 Å². The summed E-state index contributed by atoms with van der Waals surface area (Å²) in [5, 5.41) is 0. The molecule has 0 bridgehead atoms. The van der Waals surface area contributed by atoms with Crippen molar-refractivity contribution in [3.8, 4) is 0 Å². The van der Waals surface area contributed by atoms with E-state index >= 15 is 0 Å². The Bertz CT molecular complexity index is 625. The molecule has 114 valence electrons. The van der Waals surface area contributed by atoms with Gasteiger partial charge in [-0.2, -0.15) is 0 Å². The lowest BCUT2D eigenvalue weighted by atomic mass is 10.1. The molecule has 2 aromatic carbocycles. The fourth-order valence-electron chi connectivity index (χ4n) is 2.05. The molecule has 4 nitrogen and oxygen atoms in total. The van der Waals surface area contributed by atoms with E-state index in [2.05, 4.69) is 0 Å². The van der Waals surface area contributed by atoms with Gasteiger partial charge in [-0.1, -0.05) is 60.7 Å². The van der Waals surface area contributed by atoms with Crippen LogP contribution in [0.1, 0.15) is 22.8 Å². The number of amides is 1. The number of hydrogen-bond donors (Lipinski definition) is 0. The summed E-state index contributed by atoms with van der Waals surface area (Å²) in [7, 11) is 1.65. The van der Waals surface area contributed by atoms with Crippen molar-refractivity contribution in [1.82, 2.24) is 4.90 Å². The fraction of sp³-hybridized carbons (Fsp3) is 0.222. The largest absolute Gasteiger partial charge is 0.438 e. The topological polar surface area (TPSA) is 46.6 Å². The number of benzene rings is 2. The number of carbonyl (C=O) groups excluding carboxylic acids is 2. The Labute approximate surface area is 130 Å². The lowest BCUT2D eigenvalue weighted by molar-refractivity contribution is 0.0560. The number of rotatable bonds is 5. The zero-order valence-corrected chi connectivity index (χ0v) is 12.7. The molecule has 0 spiro atoms. The highest BCUT2D eigenvalue weighted by atomic mass is 16.6. The Morgan fingerprint density at radius 2 is 1.55 bits per heavy atom. The maximum absolute atomic E-state index is 12.2. The average Bonchev–Trinajstić information content (AvgIpc) is 2.55. The standard InChI is InChI=1S/C18H19NO3/c1-14(17(20)16-11-7-4-8-12-16)22-18(21)19(2)13-15-9-5-3-6-10-15/h3-12,14H,13H2,1-2H3. The number of hydrogen-bond acceptors (Lipinski definition) is 3. The first-order chi connectivity index (χ1) is 10.6. The van der Waals surface area contributed by atoms with Crippen molar-refractivity contribution < 1.29 is 14.3 Å². The van der Waals surface area contributed by atoms with Gasteiger partial charge in [-0.25, -0.2) is 4.79 Å². The molecule has 0 aliphatic heterocycles. The third kappa shape index (κ3) is 4.19.